The predicted octanol–water partition coefficient (Wildman–Crippen LogP) is 0.750. The highest BCUT2D eigenvalue weighted by molar-refractivity contribution is 5.89. The lowest BCUT2D eigenvalue weighted by molar-refractivity contribution is -0.880. The van der Waals surface area contributed by atoms with Crippen molar-refractivity contribution in [1.29, 1.82) is 0 Å². The minimum absolute atomic E-state index is 0.777. The number of quaternary nitrogens is 1. The van der Waals surface area contributed by atoms with Crippen LogP contribution in [-0.4, -0.2) is 53.0 Å². The summed E-state index contributed by atoms with van der Waals surface area (Å²) in [6, 6.07) is 8.23. The second-order valence-corrected chi connectivity index (χ2v) is 6.76. The third-order valence-electron chi connectivity index (χ3n) is 4.88. The largest absolute Gasteiger partial charge is 0.339 e. The summed E-state index contributed by atoms with van der Waals surface area (Å²) in [5, 5.41) is 8.79. The lowest BCUT2D eigenvalue weighted by atomic mass is 10.2. The third kappa shape index (κ3) is 3.02. The predicted molar refractivity (Wildman–Crippen MR) is 99.6 cm³/mol. The van der Waals surface area contributed by atoms with Gasteiger partial charge in [0.15, 0.2) is 5.65 Å². The average molecular weight is 338 g/mol. The van der Waals surface area contributed by atoms with Gasteiger partial charge in [0, 0.05) is 12.7 Å². The molecule has 1 aliphatic heterocycles. The van der Waals surface area contributed by atoms with E-state index >= 15 is 0 Å². The number of piperazine rings is 1. The first kappa shape index (κ1) is 15.8. The summed E-state index contributed by atoms with van der Waals surface area (Å²) >= 11 is 0. The Morgan fingerprint density at radius 2 is 1.88 bits per heavy atom. The number of likely N-dealkylation sites (N-methyl/N-ethyl adjacent to an activating group) is 1. The summed E-state index contributed by atoms with van der Waals surface area (Å²) in [6.45, 7) is 6.24. The van der Waals surface area contributed by atoms with Crippen LogP contribution in [0.15, 0.2) is 30.5 Å². The molecule has 3 aromatic rings. The Labute approximate surface area is 147 Å². The van der Waals surface area contributed by atoms with Gasteiger partial charge in [0.25, 0.3) is 0 Å². The number of fused-ring (bicyclic) bond motifs is 1. The van der Waals surface area contributed by atoms with Crippen molar-refractivity contribution in [3.8, 4) is 0 Å². The third-order valence-corrected chi connectivity index (χ3v) is 4.88. The van der Waals surface area contributed by atoms with Crippen LogP contribution in [0.2, 0.25) is 0 Å². The van der Waals surface area contributed by atoms with Crippen molar-refractivity contribution >= 4 is 28.5 Å². The van der Waals surface area contributed by atoms with E-state index in [1.165, 1.54) is 5.56 Å². The zero-order chi connectivity index (χ0) is 17.4. The molecule has 2 N–H and O–H groups in total. The second kappa shape index (κ2) is 6.33. The molecule has 7 nitrogen and oxygen atoms in total. The van der Waals surface area contributed by atoms with E-state index in [1.807, 2.05) is 30.1 Å². The Hall–Kier alpha value is -2.67. The van der Waals surface area contributed by atoms with Crippen molar-refractivity contribution in [3.05, 3.63) is 36.0 Å². The minimum Gasteiger partial charge on any atom is -0.339 e. The van der Waals surface area contributed by atoms with Crippen molar-refractivity contribution in [2.24, 2.45) is 7.05 Å². The number of hydrogen-bond acceptors (Lipinski definition) is 5. The maximum atomic E-state index is 4.84. The normalized spacial score (nSPS) is 15.7. The van der Waals surface area contributed by atoms with Gasteiger partial charge in [0.2, 0.25) is 5.95 Å². The van der Waals surface area contributed by atoms with Crippen molar-refractivity contribution in [3.63, 3.8) is 0 Å². The standard InChI is InChI=1S/C18H23N7/c1-13-6-4-5-7-15(13)20-16-14-12-19-24(3)17(14)22-18(21-16)25-10-8-23(2)9-11-25/h4-7,12H,8-11H2,1-3H3,(H,20,21,22)/p+1. The van der Waals surface area contributed by atoms with E-state index in [2.05, 4.69) is 41.4 Å². The lowest BCUT2D eigenvalue weighted by Gasteiger charge is -2.30. The smallest absolute Gasteiger partial charge is 0.229 e. The molecule has 0 unspecified atom stereocenters. The molecule has 0 atom stereocenters. The molecule has 1 aromatic carbocycles. The van der Waals surface area contributed by atoms with Gasteiger partial charge in [0.1, 0.15) is 5.82 Å². The molecular formula is C18H24N7+. The highest BCUT2D eigenvalue weighted by Crippen LogP contribution is 2.27. The lowest BCUT2D eigenvalue weighted by Crippen LogP contribution is -3.12. The monoisotopic (exact) mass is 338 g/mol. The molecule has 0 bridgehead atoms. The average Bonchev–Trinajstić information content (AvgIpc) is 2.99. The van der Waals surface area contributed by atoms with E-state index in [4.69, 9.17) is 9.97 Å². The molecular weight excluding hydrogens is 314 g/mol. The van der Waals surface area contributed by atoms with Crippen LogP contribution in [0.5, 0.6) is 0 Å². The van der Waals surface area contributed by atoms with Crippen LogP contribution in [0.1, 0.15) is 5.56 Å². The SMILES string of the molecule is Cc1ccccc1Nc1nc(N2CC[NH+](C)CC2)nc2c1cnn2C. The maximum Gasteiger partial charge on any atom is 0.229 e. The van der Waals surface area contributed by atoms with Gasteiger partial charge in [-0.3, -0.25) is 4.68 Å². The Balaban J connectivity index is 1.76. The first-order valence-corrected chi connectivity index (χ1v) is 8.70. The fourth-order valence-corrected chi connectivity index (χ4v) is 3.18. The summed E-state index contributed by atoms with van der Waals surface area (Å²) in [4.78, 5) is 13.4. The van der Waals surface area contributed by atoms with Gasteiger partial charge in [-0.15, -0.1) is 0 Å². The highest BCUT2D eigenvalue weighted by Gasteiger charge is 2.21. The van der Waals surface area contributed by atoms with E-state index in [9.17, 15) is 0 Å². The van der Waals surface area contributed by atoms with Crippen LogP contribution in [-0.2, 0) is 7.05 Å². The van der Waals surface area contributed by atoms with Crippen molar-refractivity contribution in [1.82, 2.24) is 19.7 Å². The number of aryl methyl sites for hydroxylation is 2. The molecule has 2 aromatic heterocycles. The highest BCUT2D eigenvalue weighted by atomic mass is 15.4. The zero-order valence-corrected chi connectivity index (χ0v) is 15.0. The number of nitrogens with zero attached hydrogens (tertiary/aromatic N) is 5. The van der Waals surface area contributed by atoms with E-state index in [1.54, 1.807) is 4.90 Å². The van der Waals surface area contributed by atoms with Crippen LogP contribution >= 0.6 is 0 Å². The van der Waals surface area contributed by atoms with Gasteiger partial charge in [-0.2, -0.15) is 15.1 Å². The molecule has 7 heteroatoms. The van der Waals surface area contributed by atoms with E-state index in [0.29, 0.717) is 0 Å². The number of para-hydroxylation sites is 1. The number of benzene rings is 1. The molecule has 130 valence electrons. The Bertz CT molecular complexity index is 894. The van der Waals surface area contributed by atoms with Crippen molar-refractivity contribution in [2.45, 2.75) is 6.92 Å². The van der Waals surface area contributed by atoms with E-state index in [-0.39, 0.29) is 0 Å². The summed E-state index contributed by atoms with van der Waals surface area (Å²) in [5.41, 5.74) is 3.09. The van der Waals surface area contributed by atoms with Gasteiger partial charge in [0.05, 0.1) is 44.8 Å². The molecule has 0 radical (unpaired) electrons. The molecule has 1 aliphatic rings. The second-order valence-electron chi connectivity index (χ2n) is 6.76. The fourth-order valence-electron chi connectivity index (χ4n) is 3.18. The zero-order valence-electron chi connectivity index (χ0n) is 15.0. The molecule has 3 heterocycles. The van der Waals surface area contributed by atoms with Crippen LogP contribution < -0.4 is 15.1 Å². The Kier molecular flexibility index (Phi) is 4.01. The fraction of sp³-hybridized carbons (Fsp3) is 0.389. The maximum absolute atomic E-state index is 4.84. The van der Waals surface area contributed by atoms with Crippen molar-refractivity contribution in [2.75, 3.05) is 43.4 Å². The first-order valence-electron chi connectivity index (χ1n) is 8.70. The molecule has 1 fully saturated rings. The quantitative estimate of drug-likeness (QED) is 0.738. The molecule has 1 saturated heterocycles. The van der Waals surface area contributed by atoms with Gasteiger partial charge in [-0.1, -0.05) is 18.2 Å². The number of nitrogens with one attached hydrogen (secondary N) is 2. The molecule has 25 heavy (non-hydrogen) atoms. The Morgan fingerprint density at radius 3 is 2.64 bits per heavy atom. The topological polar surface area (TPSA) is 63.3 Å². The Morgan fingerprint density at radius 1 is 1.12 bits per heavy atom. The number of hydrogen-bond donors (Lipinski definition) is 2. The number of aromatic nitrogens is 4. The first-order chi connectivity index (χ1) is 12.1. The summed E-state index contributed by atoms with van der Waals surface area (Å²) in [5.74, 6) is 1.59. The van der Waals surface area contributed by atoms with Crippen LogP contribution in [0.3, 0.4) is 0 Å². The number of anilines is 3. The molecule has 0 spiro atoms. The minimum atomic E-state index is 0.777. The summed E-state index contributed by atoms with van der Waals surface area (Å²) in [7, 11) is 4.15. The van der Waals surface area contributed by atoms with E-state index < -0.39 is 0 Å². The summed E-state index contributed by atoms with van der Waals surface area (Å²) in [6.07, 6.45) is 1.83. The molecule has 4 rings (SSSR count). The van der Waals surface area contributed by atoms with E-state index in [0.717, 1.165) is 54.7 Å². The van der Waals surface area contributed by atoms with Crippen LogP contribution in [0, 0.1) is 6.92 Å². The molecule has 0 saturated carbocycles. The number of rotatable bonds is 3. The van der Waals surface area contributed by atoms with Gasteiger partial charge in [-0.25, -0.2) is 0 Å². The van der Waals surface area contributed by atoms with Crippen LogP contribution in [0.25, 0.3) is 11.0 Å². The summed E-state index contributed by atoms with van der Waals surface area (Å²) < 4.78 is 1.81. The van der Waals surface area contributed by atoms with Crippen molar-refractivity contribution < 1.29 is 4.90 Å². The van der Waals surface area contributed by atoms with Gasteiger partial charge < -0.3 is 15.1 Å². The molecule has 0 amide bonds. The molecule has 0 aliphatic carbocycles. The van der Waals surface area contributed by atoms with Gasteiger partial charge >= 0.3 is 0 Å². The van der Waals surface area contributed by atoms with Gasteiger partial charge in [-0.05, 0) is 18.6 Å². The van der Waals surface area contributed by atoms with Crippen LogP contribution in [0.4, 0.5) is 17.5 Å².